The van der Waals surface area contributed by atoms with Gasteiger partial charge in [-0.1, -0.05) is 17.7 Å². The highest BCUT2D eigenvalue weighted by Gasteiger charge is 2.15. The number of benzene rings is 1. The Hall–Kier alpha value is -1.00. The minimum atomic E-state index is -3.57. The summed E-state index contributed by atoms with van der Waals surface area (Å²) < 4.78 is 27.2. The van der Waals surface area contributed by atoms with Gasteiger partial charge in [-0.25, -0.2) is 0 Å². The van der Waals surface area contributed by atoms with Crippen LogP contribution in [0.25, 0.3) is 0 Å². The summed E-state index contributed by atoms with van der Waals surface area (Å²) >= 11 is 5.77. The average Bonchev–Trinajstić information content (AvgIpc) is 2.22. The highest BCUT2D eigenvalue weighted by molar-refractivity contribution is 7.90. The Morgan fingerprint density at radius 1 is 1.36 bits per heavy atom. The minimum absolute atomic E-state index is 0.347. The van der Waals surface area contributed by atoms with Gasteiger partial charge in [0.25, 0.3) is 0 Å². The van der Waals surface area contributed by atoms with Gasteiger partial charge in [0.1, 0.15) is 5.75 Å². The zero-order valence-electron chi connectivity index (χ0n) is 7.10. The van der Waals surface area contributed by atoms with Crippen molar-refractivity contribution in [2.24, 2.45) is 0 Å². The molecule has 0 unspecified atom stereocenters. The smallest absolute Gasteiger partial charge is 0.331 e. The number of fused-ring (bicyclic) bond motifs is 1. The average molecular weight is 231 g/mol. The summed E-state index contributed by atoms with van der Waals surface area (Å²) in [5, 5.41) is 1.63. The second-order valence-corrected chi connectivity index (χ2v) is 4.76. The molecule has 74 valence electrons. The van der Waals surface area contributed by atoms with Gasteiger partial charge in [0, 0.05) is 10.6 Å². The van der Waals surface area contributed by atoms with Crippen LogP contribution >= 0.6 is 11.6 Å². The Morgan fingerprint density at radius 3 is 2.93 bits per heavy atom. The topological polar surface area (TPSA) is 43.4 Å². The predicted octanol–water partition coefficient (Wildman–Crippen LogP) is 2.12. The van der Waals surface area contributed by atoms with Crippen molar-refractivity contribution in [3.05, 3.63) is 40.3 Å². The fourth-order valence-electron chi connectivity index (χ4n) is 1.23. The zero-order chi connectivity index (χ0) is 10.2. The molecule has 1 aromatic rings. The van der Waals surface area contributed by atoms with Crippen LogP contribution in [0.2, 0.25) is 5.02 Å². The molecule has 0 spiro atoms. The maximum Gasteiger partial charge on any atom is 0.331 e. The van der Waals surface area contributed by atoms with Crippen LogP contribution in [0.1, 0.15) is 5.56 Å². The molecule has 0 amide bonds. The molecule has 1 aromatic carbocycles. The number of hydrogen-bond donors (Lipinski definition) is 0. The molecule has 1 heterocycles. The number of halogens is 1. The van der Waals surface area contributed by atoms with Crippen molar-refractivity contribution in [3.63, 3.8) is 0 Å². The lowest BCUT2D eigenvalue weighted by Crippen LogP contribution is -2.04. The maximum absolute atomic E-state index is 11.2. The van der Waals surface area contributed by atoms with E-state index in [2.05, 4.69) is 0 Å². The van der Waals surface area contributed by atoms with Crippen molar-refractivity contribution < 1.29 is 12.6 Å². The Morgan fingerprint density at radius 2 is 2.14 bits per heavy atom. The van der Waals surface area contributed by atoms with Gasteiger partial charge in [0.15, 0.2) is 0 Å². The first-order valence-electron chi connectivity index (χ1n) is 3.96. The SMILES string of the molecule is O=S1(=O)C=CCc2cc(Cl)ccc2O1. The lowest BCUT2D eigenvalue weighted by Gasteiger charge is -2.05. The second-order valence-electron chi connectivity index (χ2n) is 2.90. The molecule has 0 saturated carbocycles. The summed E-state index contributed by atoms with van der Waals surface area (Å²) in [6.07, 6.45) is 2.05. The third-order valence-corrected chi connectivity index (χ3v) is 3.00. The van der Waals surface area contributed by atoms with E-state index in [9.17, 15) is 8.42 Å². The third-order valence-electron chi connectivity index (χ3n) is 1.83. The Labute approximate surface area is 87.1 Å². The first-order valence-corrected chi connectivity index (χ1v) is 5.81. The van der Waals surface area contributed by atoms with Crippen LogP contribution < -0.4 is 4.18 Å². The molecule has 0 atom stereocenters. The lowest BCUT2D eigenvalue weighted by molar-refractivity contribution is 0.495. The molecule has 1 aliphatic heterocycles. The summed E-state index contributed by atoms with van der Waals surface area (Å²) in [4.78, 5) is 0. The summed E-state index contributed by atoms with van der Waals surface area (Å²) in [6.45, 7) is 0. The number of rotatable bonds is 0. The van der Waals surface area contributed by atoms with Gasteiger partial charge in [-0.15, -0.1) is 0 Å². The summed E-state index contributed by atoms with van der Waals surface area (Å²) in [5.74, 6) is 0.347. The highest BCUT2D eigenvalue weighted by Crippen LogP contribution is 2.27. The van der Waals surface area contributed by atoms with E-state index >= 15 is 0 Å². The molecule has 0 radical (unpaired) electrons. The van der Waals surface area contributed by atoms with E-state index in [-0.39, 0.29) is 0 Å². The zero-order valence-corrected chi connectivity index (χ0v) is 8.68. The Bertz CT molecular complexity index is 491. The molecule has 0 aromatic heterocycles. The van der Waals surface area contributed by atoms with Crippen LogP contribution in [0.5, 0.6) is 5.75 Å². The number of hydrogen-bond acceptors (Lipinski definition) is 3. The van der Waals surface area contributed by atoms with E-state index < -0.39 is 10.1 Å². The fourth-order valence-corrected chi connectivity index (χ4v) is 2.23. The molecule has 0 bridgehead atoms. The Balaban J connectivity index is 2.54. The quantitative estimate of drug-likeness (QED) is 0.642. The summed E-state index contributed by atoms with van der Waals surface area (Å²) in [5.41, 5.74) is 0.773. The molecule has 0 N–H and O–H groups in total. The summed E-state index contributed by atoms with van der Waals surface area (Å²) in [7, 11) is -3.57. The molecule has 5 heteroatoms. The second kappa shape index (κ2) is 3.29. The normalized spacial score (nSPS) is 18.1. The largest absolute Gasteiger partial charge is 0.379 e. The molecule has 0 fully saturated rings. The van der Waals surface area contributed by atoms with Crippen molar-refractivity contribution >= 4 is 21.7 Å². The van der Waals surface area contributed by atoms with Gasteiger partial charge in [-0.2, -0.15) is 8.42 Å². The first-order chi connectivity index (χ1) is 6.57. The fraction of sp³-hybridized carbons (Fsp3) is 0.111. The van der Waals surface area contributed by atoms with Crippen molar-refractivity contribution in [1.29, 1.82) is 0 Å². The molecule has 2 rings (SSSR count). The monoisotopic (exact) mass is 230 g/mol. The first kappa shape index (κ1) is 9.55. The van der Waals surface area contributed by atoms with Crippen LogP contribution in [0.15, 0.2) is 29.7 Å². The van der Waals surface area contributed by atoms with Crippen molar-refractivity contribution in [2.45, 2.75) is 6.42 Å². The lowest BCUT2D eigenvalue weighted by atomic mass is 10.1. The van der Waals surface area contributed by atoms with Gasteiger partial charge in [-0.05, 0) is 24.6 Å². The third kappa shape index (κ3) is 1.91. The molecule has 3 nitrogen and oxygen atoms in total. The molecular formula is C9H7ClO3S. The van der Waals surface area contributed by atoms with E-state index in [0.717, 1.165) is 11.0 Å². The van der Waals surface area contributed by atoms with Crippen LogP contribution in [0.4, 0.5) is 0 Å². The molecule has 14 heavy (non-hydrogen) atoms. The predicted molar refractivity (Wildman–Crippen MR) is 53.8 cm³/mol. The highest BCUT2D eigenvalue weighted by atomic mass is 35.5. The van der Waals surface area contributed by atoms with E-state index in [1.807, 2.05) is 0 Å². The van der Waals surface area contributed by atoms with Gasteiger partial charge in [0.05, 0.1) is 5.41 Å². The standard InChI is InChI=1S/C9H7ClO3S/c10-8-3-4-9-7(6-8)2-1-5-14(11,12)13-9/h1,3-6H,2H2. The summed E-state index contributed by atoms with van der Waals surface area (Å²) in [6, 6.07) is 4.85. The molecule has 1 aliphatic rings. The van der Waals surface area contributed by atoms with Crippen molar-refractivity contribution in [1.82, 2.24) is 0 Å². The van der Waals surface area contributed by atoms with E-state index in [4.69, 9.17) is 15.8 Å². The van der Waals surface area contributed by atoms with E-state index in [0.29, 0.717) is 17.2 Å². The van der Waals surface area contributed by atoms with Crippen LogP contribution in [0, 0.1) is 0 Å². The molecular weight excluding hydrogens is 224 g/mol. The van der Waals surface area contributed by atoms with E-state index in [1.54, 1.807) is 18.2 Å². The van der Waals surface area contributed by atoms with E-state index in [1.165, 1.54) is 6.08 Å². The molecule has 0 aliphatic carbocycles. The van der Waals surface area contributed by atoms with Crippen molar-refractivity contribution in [2.75, 3.05) is 0 Å². The Kier molecular flexibility index (Phi) is 2.25. The van der Waals surface area contributed by atoms with Crippen molar-refractivity contribution in [3.8, 4) is 5.75 Å². The van der Waals surface area contributed by atoms with Gasteiger partial charge >= 0.3 is 10.1 Å². The maximum atomic E-state index is 11.2. The molecule has 0 saturated heterocycles. The van der Waals surface area contributed by atoms with Gasteiger partial charge < -0.3 is 4.18 Å². The minimum Gasteiger partial charge on any atom is -0.379 e. The van der Waals surface area contributed by atoms with Gasteiger partial charge in [0.2, 0.25) is 0 Å². The van der Waals surface area contributed by atoms with Crippen LogP contribution in [-0.2, 0) is 16.5 Å². The van der Waals surface area contributed by atoms with Crippen LogP contribution in [0.3, 0.4) is 0 Å². The number of allylic oxidation sites excluding steroid dienone is 1. The van der Waals surface area contributed by atoms with Gasteiger partial charge in [-0.3, -0.25) is 0 Å². The van der Waals surface area contributed by atoms with Crippen LogP contribution in [-0.4, -0.2) is 8.42 Å².